The SMILES string of the molecule is C#C[C@]1(O)CC[C@@H]2[C@H]3CC=C4C[C@H](OC(=O)CCCC(=O)O)CC[C@]4(C)[C@@H]3CC[C@@]21C. The molecule has 4 aliphatic rings. The van der Waals surface area contributed by atoms with Crippen molar-refractivity contribution in [1.29, 1.82) is 0 Å². The van der Waals surface area contributed by atoms with E-state index in [2.05, 4.69) is 25.8 Å². The Morgan fingerprint density at radius 3 is 2.61 bits per heavy atom. The van der Waals surface area contributed by atoms with Crippen LogP contribution in [0.15, 0.2) is 11.6 Å². The third-order valence-electron chi connectivity index (χ3n) is 9.52. The van der Waals surface area contributed by atoms with E-state index >= 15 is 0 Å². The van der Waals surface area contributed by atoms with Crippen molar-refractivity contribution < 1.29 is 24.5 Å². The van der Waals surface area contributed by atoms with E-state index in [9.17, 15) is 14.7 Å². The van der Waals surface area contributed by atoms with E-state index in [1.54, 1.807) is 0 Å². The lowest BCUT2D eigenvalue weighted by Gasteiger charge is -2.58. The normalized spacial score (nSPS) is 43.6. The van der Waals surface area contributed by atoms with Gasteiger partial charge in [0.2, 0.25) is 0 Å². The molecule has 0 bridgehead atoms. The highest BCUT2D eigenvalue weighted by Crippen LogP contribution is 2.67. The zero-order chi connectivity index (χ0) is 22.4. The van der Waals surface area contributed by atoms with Crippen molar-refractivity contribution in [2.45, 2.75) is 96.2 Å². The number of ether oxygens (including phenoxy) is 1. The summed E-state index contributed by atoms with van der Waals surface area (Å²) in [6, 6.07) is 0. The molecule has 0 heterocycles. The standard InChI is InChI=1S/C26H36O5/c1-4-26(30)15-12-21-19-9-8-17-16-18(31-23(29)7-5-6-22(27)28)10-13-24(17,2)20(19)11-14-25(21,26)3/h1,8,18-21,30H,5-7,9-16H2,2-3H3,(H,27,28)/t18-,19+,20-,21-,24+,25+,26+/m1/s1. The zero-order valence-electron chi connectivity index (χ0n) is 18.9. The van der Waals surface area contributed by atoms with Gasteiger partial charge in [-0.2, -0.15) is 0 Å². The molecule has 5 nitrogen and oxygen atoms in total. The maximum absolute atomic E-state index is 12.1. The monoisotopic (exact) mass is 428 g/mol. The minimum atomic E-state index is -0.972. The molecular formula is C26H36O5. The first-order valence-corrected chi connectivity index (χ1v) is 11.9. The maximum atomic E-state index is 12.1. The second-order valence-electron chi connectivity index (χ2n) is 10.9. The highest BCUT2D eigenvalue weighted by atomic mass is 16.5. The van der Waals surface area contributed by atoms with Gasteiger partial charge in [-0.1, -0.05) is 31.4 Å². The minimum absolute atomic E-state index is 0.000940. The fourth-order valence-electron chi connectivity index (χ4n) is 7.61. The van der Waals surface area contributed by atoms with Gasteiger partial charge in [0.25, 0.3) is 0 Å². The number of esters is 1. The van der Waals surface area contributed by atoms with Gasteiger partial charge in [-0.25, -0.2) is 0 Å². The van der Waals surface area contributed by atoms with Crippen LogP contribution in [-0.2, 0) is 14.3 Å². The van der Waals surface area contributed by atoms with Gasteiger partial charge in [-0.15, -0.1) is 6.42 Å². The number of hydrogen-bond acceptors (Lipinski definition) is 4. The van der Waals surface area contributed by atoms with Crippen molar-refractivity contribution in [2.75, 3.05) is 0 Å². The van der Waals surface area contributed by atoms with E-state index in [0.717, 1.165) is 44.9 Å². The number of allylic oxidation sites excluding steroid dienone is 1. The predicted molar refractivity (Wildman–Crippen MR) is 117 cm³/mol. The summed E-state index contributed by atoms with van der Waals surface area (Å²) in [5.74, 6) is 3.20. The first kappa shape index (κ1) is 22.4. The van der Waals surface area contributed by atoms with E-state index in [4.69, 9.17) is 16.3 Å². The Labute approximate surface area is 185 Å². The summed E-state index contributed by atoms with van der Waals surface area (Å²) < 4.78 is 5.70. The Morgan fingerprint density at radius 2 is 1.90 bits per heavy atom. The molecule has 3 saturated carbocycles. The average molecular weight is 429 g/mol. The molecule has 0 aromatic heterocycles. The molecule has 0 aromatic carbocycles. The molecule has 0 radical (unpaired) electrons. The second kappa shape index (κ2) is 7.96. The molecule has 0 aromatic rings. The van der Waals surface area contributed by atoms with Crippen molar-refractivity contribution in [3.05, 3.63) is 11.6 Å². The van der Waals surface area contributed by atoms with Crippen LogP contribution in [0.3, 0.4) is 0 Å². The van der Waals surface area contributed by atoms with Gasteiger partial charge >= 0.3 is 11.9 Å². The molecule has 3 fully saturated rings. The smallest absolute Gasteiger partial charge is 0.306 e. The summed E-state index contributed by atoms with van der Waals surface area (Å²) in [6.45, 7) is 4.61. The number of hydrogen-bond donors (Lipinski definition) is 2. The van der Waals surface area contributed by atoms with E-state index in [1.807, 2.05) is 0 Å². The summed E-state index contributed by atoms with van der Waals surface area (Å²) >= 11 is 0. The number of aliphatic hydroxyl groups is 1. The average Bonchev–Trinajstić information content (AvgIpc) is 2.99. The highest BCUT2D eigenvalue weighted by molar-refractivity contribution is 5.71. The number of aliphatic carboxylic acids is 1. The van der Waals surface area contributed by atoms with Crippen molar-refractivity contribution in [3.63, 3.8) is 0 Å². The lowest BCUT2D eigenvalue weighted by molar-refractivity contribution is -0.152. The molecule has 170 valence electrons. The molecule has 0 saturated heterocycles. The number of fused-ring (bicyclic) bond motifs is 5. The van der Waals surface area contributed by atoms with Crippen LogP contribution in [0.2, 0.25) is 0 Å². The van der Waals surface area contributed by atoms with E-state index in [-0.39, 0.29) is 35.7 Å². The zero-order valence-corrected chi connectivity index (χ0v) is 18.9. The van der Waals surface area contributed by atoms with Crippen LogP contribution < -0.4 is 0 Å². The van der Waals surface area contributed by atoms with Crippen LogP contribution in [0.1, 0.15) is 84.5 Å². The van der Waals surface area contributed by atoms with Gasteiger partial charge in [-0.3, -0.25) is 9.59 Å². The third-order valence-corrected chi connectivity index (χ3v) is 9.52. The van der Waals surface area contributed by atoms with Gasteiger partial charge in [0.05, 0.1) is 0 Å². The number of carbonyl (C=O) groups is 2. The van der Waals surface area contributed by atoms with Crippen LogP contribution in [0, 0.1) is 40.9 Å². The van der Waals surface area contributed by atoms with Crippen LogP contribution in [0.5, 0.6) is 0 Å². The Hall–Kier alpha value is -1.80. The van der Waals surface area contributed by atoms with Crippen molar-refractivity contribution in [2.24, 2.45) is 28.6 Å². The van der Waals surface area contributed by atoms with Gasteiger partial charge in [-0.05, 0) is 74.5 Å². The fraction of sp³-hybridized carbons (Fsp3) is 0.769. The lowest BCUT2D eigenvalue weighted by Crippen LogP contribution is -2.54. The molecular weight excluding hydrogens is 392 g/mol. The Balaban J connectivity index is 1.44. The molecule has 4 rings (SSSR count). The third kappa shape index (κ3) is 3.61. The van der Waals surface area contributed by atoms with Gasteiger partial charge < -0.3 is 14.9 Å². The molecule has 0 spiro atoms. The molecule has 0 aliphatic heterocycles. The molecule has 0 amide bonds. The summed E-state index contributed by atoms with van der Waals surface area (Å²) in [7, 11) is 0. The predicted octanol–water partition coefficient (Wildman–Crippen LogP) is 4.48. The Morgan fingerprint density at radius 1 is 1.16 bits per heavy atom. The van der Waals surface area contributed by atoms with Gasteiger partial charge in [0.15, 0.2) is 0 Å². The van der Waals surface area contributed by atoms with Crippen molar-refractivity contribution in [1.82, 2.24) is 0 Å². The van der Waals surface area contributed by atoms with Crippen molar-refractivity contribution in [3.8, 4) is 12.3 Å². The summed E-state index contributed by atoms with van der Waals surface area (Å²) in [5, 5.41) is 19.9. The second-order valence-corrected chi connectivity index (χ2v) is 10.9. The first-order chi connectivity index (χ1) is 14.6. The molecule has 2 N–H and O–H groups in total. The number of rotatable bonds is 5. The molecule has 7 atom stereocenters. The Bertz CT molecular complexity index is 824. The summed E-state index contributed by atoms with van der Waals surface area (Å²) in [5.41, 5.74) is 0.401. The summed E-state index contributed by atoms with van der Waals surface area (Å²) in [6.07, 6.45) is 16.0. The fourth-order valence-corrected chi connectivity index (χ4v) is 7.61. The topological polar surface area (TPSA) is 83.8 Å². The number of carboxylic acids is 1. The number of carboxylic acid groups (broad SMARTS) is 1. The highest BCUT2D eigenvalue weighted by Gasteiger charge is 2.63. The largest absolute Gasteiger partial charge is 0.481 e. The molecule has 5 heteroatoms. The number of terminal acetylenes is 1. The van der Waals surface area contributed by atoms with E-state index in [0.29, 0.717) is 30.6 Å². The Kier molecular flexibility index (Phi) is 5.75. The minimum Gasteiger partial charge on any atom is -0.481 e. The maximum Gasteiger partial charge on any atom is 0.306 e. The van der Waals surface area contributed by atoms with Crippen LogP contribution in [0.4, 0.5) is 0 Å². The first-order valence-electron chi connectivity index (χ1n) is 11.9. The molecule has 4 aliphatic carbocycles. The molecule has 31 heavy (non-hydrogen) atoms. The van der Waals surface area contributed by atoms with E-state index < -0.39 is 11.6 Å². The van der Waals surface area contributed by atoms with Crippen LogP contribution in [-0.4, -0.2) is 33.9 Å². The summed E-state index contributed by atoms with van der Waals surface area (Å²) in [4.78, 5) is 22.8. The quantitative estimate of drug-likeness (QED) is 0.383. The van der Waals surface area contributed by atoms with Crippen LogP contribution in [0.25, 0.3) is 0 Å². The van der Waals surface area contributed by atoms with Crippen molar-refractivity contribution >= 4 is 11.9 Å². The van der Waals surface area contributed by atoms with Gasteiger partial charge in [0.1, 0.15) is 11.7 Å². The van der Waals surface area contributed by atoms with Crippen LogP contribution >= 0.6 is 0 Å². The number of carbonyl (C=O) groups excluding carboxylic acids is 1. The van der Waals surface area contributed by atoms with E-state index in [1.165, 1.54) is 5.57 Å². The van der Waals surface area contributed by atoms with Gasteiger partial charge in [0, 0.05) is 24.7 Å². The lowest BCUT2D eigenvalue weighted by atomic mass is 9.47. The molecule has 0 unspecified atom stereocenters.